The van der Waals surface area contributed by atoms with E-state index in [9.17, 15) is 0 Å². The molecule has 3 nitrogen and oxygen atoms in total. The van der Waals surface area contributed by atoms with Crippen LogP contribution in [0.3, 0.4) is 0 Å². The average Bonchev–Trinajstić information content (AvgIpc) is 2.75. The van der Waals surface area contributed by atoms with Crippen molar-refractivity contribution < 1.29 is 9.47 Å². The molecule has 0 amide bonds. The summed E-state index contributed by atoms with van der Waals surface area (Å²) in [6, 6.07) is 3.88. The first-order valence-corrected chi connectivity index (χ1v) is 6.99. The summed E-state index contributed by atoms with van der Waals surface area (Å²) in [5.41, 5.74) is 6.08. The smallest absolute Gasteiger partial charge is 0.107 e. The van der Waals surface area contributed by atoms with Gasteiger partial charge in [-0.05, 0) is 25.0 Å². The van der Waals surface area contributed by atoms with Crippen molar-refractivity contribution in [1.82, 2.24) is 0 Å². The fourth-order valence-corrected chi connectivity index (χ4v) is 2.71. The SMILES string of the molecule is CCC(N)C(OCCCOC)c1ccc(Cl)s1. The molecule has 0 saturated heterocycles. The topological polar surface area (TPSA) is 44.5 Å². The maximum absolute atomic E-state index is 6.08. The highest BCUT2D eigenvalue weighted by Gasteiger charge is 2.20. The van der Waals surface area contributed by atoms with E-state index in [1.54, 1.807) is 7.11 Å². The van der Waals surface area contributed by atoms with E-state index in [0.717, 1.165) is 22.1 Å². The van der Waals surface area contributed by atoms with Crippen LogP contribution in [0.5, 0.6) is 0 Å². The van der Waals surface area contributed by atoms with Crippen LogP contribution in [0.1, 0.15) is 30.7 Å². The maximum Gasteiger partial charge on any atom is 0.107 e. The lowest BCUT2D eigenvalue weighted by Gasteiger charge is -2.22. The summed E-state index contributed by atoms with van der Waals surface area (Å²) in [6.07, 6.45) is 1.70. The molecular formula is C12H20ClNO2S. The van der Waals surface area contributed by atoms with Gasteiger partial charge in [0, 0.05) is 31.2 Å². The second kappa shape index (κ2) is 8.06. The third kappa shape index (κ3) is 4.94. The molecule has 2 N–H and O–H groups in total. The van der Waals surface area contributed by atoms with Gasteiger partial charge in [0.1, 0.15) is 6.10 Å². The minimum Gasteiger partial charge on any atom is -0.385 e. The first kappa shape index (κ1) is 14.9. The van der Waals surface area contributed by atoms with Gasteiger partial charge in [-0.25, -0.2) is 0 Å². The van der Waals surface area contributed by atoms with Gasteiger partial charge in [0.05, 0.1) is 4.34 Å². The summed E-state index contributed by atoms with van der Waals surface area (Å²) in [4.78, 5) is 1.10. The van der Waals surface area contributed by atoms with Crippen LogP contribution in [0.4, 0.5) is 0 Å². The zero-order valence-corrected chi connectivity index (χ0v) is 11.9. The molecule has 98 valence electrons. The molecule has 5 heteroatoms. The van der Waals surface area contributed by atoms with Crippen molar-refractivity contribution in [3.05, 3.63) is 21.3 Å². The van der Waals surface area contributed by atoms with Crippen molar-refractivity contribution in [3.8, 4) is 0 Å². The second-order valence-corrected chi connectivity index (χ2v) is 5.60. The summed E-state index contributed by atoms with van der Waals surface area (Å²) in [7, 11) is 1.69. The Morgan fingerprint density at radius 2 is 2.18 bits per heavy atom. The molecule has 0 bridgehead atoms. The predicted molar refractivity (Wildman–Crippen MR) is 72.8 cm³/mol. The number of methoxy groups -OCH3 is 1. The highest BCUT2D eigenvalue weighted by Crippen LogP contribution is 2.31. The average molecular weight is 278 g/mol. The molecule has 0 aliphatic carbocycles. The van der Waals surface area contributed by atoms with Crippen molar-refractivity contribution in [2.24, 2.45) is 5.73 Å². The van der Waals surface area contributed by atoms with Gasteiger partial charge in [-0.1, -0.05) is 18.5 Å². The second-order valence-electron chi connectivity index (χ2n) is 3.85. The first-order valence-electron chi connectivity index (χ1n) is 5.80. The molecule has 0 spiro atoms. The lowest BCUT2D eigenvalue weighted by Crippen LogP contribution is -2.29. The van der Waals surface area contributed by atoms with E-state index < -0.39 is 0 Å². The van der Waals surface area contributed by atoms with Crippen LogP contribution in [0.15, 0.2) is 12.1 Å². The number of hydrogen-bond acceptors (Lipinski definition) is 4. The fourth-order valence-electron chi connectivity index (χ4n) is 1.53. The van der Waals surface area contributed by atoms with Gasteiger partial charge in [-0.3, -0.25) is 0 Å². The Bertz CT molecular complexity index is 319. The highest BCUT2D eigenvalue weighted by atomic mass is 35.5. The zero-order valence-electron chi connectivity index (χ0n) is 10.3. The Balaban J connectivity index is 2.55. The van der Waals surface area contributed by atoms with Gasteiger partial charge >= 0.3 is 0 Å². The van der Waals surface area contributed by atoms with Gasteiger partial charge in [-0.15, -0.1) is 11.3 Å². The summed E-state index contributed by atoms with van der Waals surface area (Å²) in [5.74, 6) is 0. The number of halogens is 1. The fraction of sp³-hybridized carbons (Fsp3) is 0.667. The highest BCUT2D eigenvalue weighted by molar-refractivity contribution is 7.16. The van der Waals surface area contributed by atoms with E-state index >= 15 is 0 Å². The van der Waals surface area contributed by atoms with Crippen LogP contribution >= 0.6 is 22.9 Å². The molecule has 0 fully saturated rings. The minimum absolute atomic E-state index is 0.00672. The van der Waals surface area contributed by atoms with E-state index in [2.05, 4.69) is 6.92 Å². The van der Waals surface area contributed by atoms with E-state index in [1.807, 2.05) is 12.1 Å². The third-order valence-corrected chi connectivity index (χ3v) is 3.82. The van der Waals surface area contributed by atoms with Crippen molar-refractivity contribution in [1.29, 1.82) is 0 Å². The van der Waals surface area contributed by atoms with Crippen LogP contribution in [0.2, 0.25) is 4.34 Å². The molecule has 0 radical (unpaired) electrons. The molecule has 1 heterocycles. The standard InChI is InChI=1S/C12H20ClNO2S/c1-3-9(14)12(16-8-4-7-15-2)10-5-6-11(13)17-10/h5-6,9,12H,3-4,7-8,14H2,1-2H3. The Hall–Kier alpha value is -0.130. The summed E-state index contributed by atoms with van der Waals surface area (Å²) in [6.45, 7) is 3.42. The molecule has 2 unspecified atom stereocenters. The van der Waals surface area contributed by atoms with Crippen LogP contribution in [0.25, 0.3) is 0 Å². The predicted octanol–water partition coefficient (Wildman–Crippen LogP) is 3.23. The molecular weight excluding hydrogens is 258 g/mol. The van der Waals surface area contributed by atoms with Gasteiger partial charge in [0.15, 0.2) is 0 Å². The van der Waals surface area contributed by atoms with Crippen LogP contribution in [-0.4, -0.2) is 26.4 Å². The third-order valence-electron chi connectivity index (χ3n) is 2.52. The van der Waals surface area contributed by atoms with Gasteiger partial charge in [0.2, 0.25) is 0 Å². The van der Waals surface area contributed by atoms with Crippen molar-refractivity contribution in [3.63, 3.8) is 0 Å². The van der Waals surface area contributed by atoms with Gasteiger partial charge in [-0.2, -0.15) is 0 Å². The largest absolute Gasteiger partial charge is 0.385 e. The number of hydrogen-bond donors (Lipinski definition) is 1. The lowest BCUT2D eigenvalue weighted by atomic mass is 10.1. The normalized spacial score (nSPS) is 14.8. The van der Waals surface area contributed by atoms with Gasteiger partial charge in [0.25, 0.3) is 0 Å². The summed E-state index contributed by atoms with van der Waals surface area (Å²) in [5, 5.41) is 0. The Kier molecular flexibility index (Phi) is 7.08. The molecule has 0 saturated carbocycles. The number of rotatable bonds is 8. The molecule has 1 aromatic rings. The summed E-state index contributed by atoms with van der Waals surface area (Å²) < 4.78 is 11.6. The molecule has 17 heavy (non-hydrogen) atoms. The monoisotopic (exact) mass is 277 g/mol. The molecule has 0 aliphatic rings. The lowest BCUT2D eigenvalue weighted by molar-refractivity contribution is 0.0244. The van der Waals surface area contributed by atoms with Crippen LogP contribution in [0, 0.1) is 0 Å². The number of nitrogens with two attached hydrogens (primary N) is 1. The Morgan fingerprint density at radius 1 is 1.41 bits per heavy atom. The number of thiophene rings is 1. The van der Waals surface area contributed by atoms with Crippen molar-refractivity contribution >= 4 is 22.9 Å². The van der Waals surface area contributed by atoms with E-state index in [-0.39, 0.29) is 12.1 Å². The molecule has 0 aromatic carbocycles. The zero-order chi connectivity index (χ0) is 12.7. The van der Waals surface area contributed by atoms with E-state index in [1.165, 1.54) is 11.3 Å². The van der Waals surface area contributed by atoms with Crippen LogP contribution in [-0.2, 0) is 9.47 Å². The molecule has 1 rings (SSSR count). The van der Waals surface area contributed by atoms with Crippen molar-refractivity contribution in [2.45, 2.75) is 31.9 Å². The Morgan fingerprint density at radius 3 is 2.71 bits per heavy atom. The molecule has 2 atom stereocenters. The number of ether oxygens (including phenoxy) is 2. The minimum atomic E-state index is -0.0608. The quantitative estimate of drug-likeness (QED) is 0.742. The summed E-state index contributed by atoms with van der Waals surface area (Å²) >= 11 is 7.47. The van der Waals surface area contributed by atoms with Crippen LogP contribution < -0.4 is 5.73 Å². The first-order chi connectivity index (χ1) is 8.19. The van der Waals surface area contributed by atoms with E-state index in [0.29, 0.717) is 13.2 Å². The van der Waals surface area contributed by atoms with E-state index in [4.69, 9.17) is 26.8 Å². The maximum atomic E-state index is 6.08. The van der Waals surface area contributed by atoms with Crippen molar-refractivity contribution in [2.75, 3.05) is 20.3 Å². The Labute approximate surface area is 112 Å². The molecule has 0 aliphatic heterocycles. The van der Waals surface area contributed by atoms with Gasteiger partial charge < -0.3 is 15.2 Å². The molecule has 1 aromatic heterocycles.